The van der Waals surface area contributed by atoms with Crippen LogP contribution in [0.15, 0.2) is 83.1 Å². The summed E-state index contributed by atoms with van der Waals surface area (Å²) in [6.07, 6.45) is 4.10. The average molecular weight is 505 g/mol. The van der Waals surface area contributed by atoms with Crippen LogP contribution in [0.1, 0.15) is 28.0 Å². The number of hydrogen-bond donors (Lipinski definition) is 2. The van der Waals surface area contributed by atoms with E-state index in [1.807, 2.05) is 18.2 Å². The maximum absolute atomic E-state index is 13.2. The summed E-state index contributed by atoms with van der Waals surface area (Å²) in [5, 5.41) is 5.60. The average Bonchev–Trinajstić information content (AvgIpc) is 3.36. The summed E-state index contributed by atoms with van der Waals surface area (Å²) in [6.45, 7) is 0.368. The van der Waals surface area contributed by atoms with Gasteiger partial charge in [-0.05, 0) is 48.0 Å². The Morgan fingerprint density at radius 3 is 2.53 bits per heavy atom. The van der Waals surface area contributed by atoms with E-state index in [0.717, 1.165) is 11.8 Å². The zero-order valence-electron chi connectivity index (χ0n) is 19.1. The predicted octanol–water partition coefficient (Wildman–Crippen LogP) is 4.33. The number of benzene rings is 2. The van der Waals surface area contributed by atoms with Gasteiger partial charge in [-0.25, -0.2) is 4.39 Å². The quantitative estimate of drug-likeness (QED) is 0.424. The Labute approximate surface area is 212 Å². The summed E-state index contributed by atoms with van der Waals surface area (Å²) in [5.41, 5.74) is 2.67. The van der Waals surface area contributed by atoms with Crippen molar-refractivity contribution in [3.63, 3.8) is 0 Å². The van der Waals surface area contributed by atoms with Gasteiger partial charge in [0.2, 0.25) is 0 Å². The highest BCUT2D eigenvalue weighted by Gasteiger charge is 2.23. The van der Waals surface area contributed by atoms with E-state index >= 15 is 0 Å². The molecule has 0 saturated carbocycles. The molecule has 1 aliphatic heterocycles. The van der Waals surface area contributed by atoms with Crippen LogP contribution in [0.3, 0.4) is 0 Å². The smallest absolute Gasteiger partial charge is 0.270 e. The molecule has 7 nitrogen and oxygen atoms in total. The summed E-state index contributed by atoms with van der Waals surface area (Å²) >= 11 is 5.97. The lowest BCUT2D eigenvalue weighted by molar-refractivity contribution is -0.118. The number of pyridine rings is 1. The number of amides is 2. The number of carbonyl (C=O) groups is 3. The minimum absolute atomic E-state index is 0.0625. The molecule has 182 valence electrons. The number of halogens is 2. The first-order valence-corrected chi connectivity index (χ1v) is 11.6. The van der Waals surface area contributed by atoms with Gasteiger partial charge < -0.3 is 10.6 Å². The zero-order chi connectivity index (χ0) is 25.5. The van der Waals surface area contributed by atoms with Crippen molar-refractivity contribution in [2.45, 2.75) is 19.3 Å². The lowest BCUT2D eigenvalue weighted by Gasteiger charge is -2.10. The molecule has 0 bridgehead atoms. The van der Waals surface area contributed by atoms with Crippen molar-refractivity contribution in [3.8, 4) is 0 Å². The molecule has 0 unspecified atom stereocenters. The van der Waals surface area contributed by atoms with Crippen LogP contribution in [0.2, 0.25) is 5.02 Å². The number of aliphatic imine (C=N–C) groups is 1. The SMILES string of the molecule is O=C(Nc1ccc(CC(=O)c2ccc(F)cc2Cl)cc1)C1=C(C(=O)NCCc2ccccn2)N=CC1. The highest BCUT2D eigenvalue weighted by atomic mass is 35.5. The molecule has 0 fully saturated rings. The maximum atomic E-state index is 13.2. The number of carbonyl (C=O) groups excluding carboxylic acids is 3. The van der Waals surface area contributed by atoms with Crippen molar-refractivity contribution in [1.29, 1.82) is 0 Å². The van der Waals surface area contributed by atoms with E-state index in [1.54, 1.807) is 30.5 Å². The van der Waals surface area contributed by atoms with Crippen LogP contribution >= 0.6 is 11.6 Å². The van der Waals surface area contributed by atoms with Crippen LogP contribution in [0, 0.1) is 5.82 Å². The van der Waals surface area contributed by atoms with Crippen LogP contribution in [-0.2, 0) is 22.4 Å². The molecule has 2 amide bonds. The standard InChI is InChI=1S/C27H22ClFN4O3/c28-23-16-18(29)6-9-21(23)24(34)15-17-4-7-20(8-5-17)33-26(35)22-11-14-31-25(22)27(36)32-13-10-19-3-1-2-12-30-19/h1-9,12,14,16H,10-11,13,15H2,(H,32,36)(H,33,35). The molecule has 0 aliphatic carbocycles. The fourth-order valence-corrected chi connectivity index (χ4v) is 3.91. The summed E-state index contributed by atoms with van der Waals surface area (Å²) in [4.78, 5) is 46.2. The molecule has 3 aromatic rings. The van der Waals surface area contributed by atoms with Crippen LogP contribution in [0.5, 0.6) is 0 Å². The molecule has 0 spiro atoms. The van der Waals surface area contributed by atoms with Gasteiger partial charge in [-0.1, -0.05) is 29.8 Å². The van der Waals surface area contributed by atoms with Crippen LogP contribution < -0.4 is 10.6 Å². The van der Waals surface area contributed by atoms with Crippen LogP contribution in [0.4, 0.5) is 10.1 Å². The monoisotopic (exact) mass is 504 g/mol. The molecule has 2 heterocycles. The summed E-state index contributed by atoms with van der Waals surface area (Å²) in [5.74, 6) is -1.60. The van der Waals surface area contributed by atoms with Crippen molar-refractivity contribution in [3.05, 3.63) is 106 Å². The van der Waals surface area contributed by atoms with Crippen molar-refractivity contribution in [2.75, 3.05) is 11.9 Å². The lowest BCUT2D eigenvalue weighted by atomic mass is 10.0. The fraction of sp³-hybridized carbons (Fsp3) is 0.148. The third kappa shape index (κ3) is 6.28. The first-order valence-electron chi connectivity index (χ1n) is 11.2. The third-order valence-electron chi connectivity index (χ3n) is 5.49. The first kappa shape index (κ1) is 24.9. The van der Waals surface area contributed by atoms with Gasteiger partial charge in [0.05, 0.1) is 10.6 Å². The van der Waals surface area contributed by atoms with Gasteiger partial charge in [0, 0.05) is 55.2 Å². The van der Waals surface area contributed by atoms with E-state index in [9.17, 15) is 18.8 Å². The largest absolute Gasteiger partial charge is 0.350 e. The van der Waals surface area contributed by atoms with E-state index in [0.29, 0.717) is 24.2 Å². The minimum Gasteiger partial charge on any atom is -0.350 e. The van der Waals surface area contributed by atoms with Crippen molar-refractivity contribution in [2.24, 2.45) is 4.99 Å². The third-order valence-corrected chi connectivity index (χ3v) is 5.80. The van der Waals surface area contributed by atoms with Crippen molar-refractivity contribution >= 4 is 41.1 Å². The van der Waals surface area contributed by atoms with E-state index in [1.165, 1.54) is 18.3 Å². The van der Waals surface area contributed by atoms with Gasteiger partial charge in [-0.15, -0.1) is 0 Å². The molecule has 9 heteroatoms. The second kappa shape index (κ2) is 11.5. The molecule has 4 rings (SSSR count). The van der Waals surface area contributed by atoms with Crippen LogP contribution in [0.25, 0.3) is 0 Å². The molecule has 1 aromatic heterocycles. The van der Waals surface area contributed by atoms with E-state index in [-0.39, 0.29) is 40.5 Å². The minimum atomic E-state index is -0.510. The zero-order valence-corrected chi connectivity index (χ0v) is 19.9. The molecule has 1 aliphatic rings. The molecular weight excluding hydrogens is 483 g/mol. The normalized spacial score (nSPS) is 12.5. The number of nitrogens with one attached hydrogen (secondary N) is 2. The lowest BCUT2D eigenvalue weighted by Crippen LogP contribution is -2.28. The molecule has 36 heavy (non-hydrogen) atoms. The number of hydrogen-bond acceptors (Lipinski definition) is 5. The Bertz CT molecular complexity index is 1360. The maximum Gasteiger partial charge on any atom is 0.270 e. The summed E-state index contributed by atoms with van der Waals surface area (Å²) < 4.78 is 13.2. The number of aromatic nitrogens is 1. The van der Waals surface area contributed by atoms with Crippen molar-refractivity contribution in [1.82, 2.24) is 10.3 Å². The van der Waals surface area contributed by atoms with Crippen molar-refractivity contribution < 1.29 is 18.8 Å². The summed E-state index contributed by atoms with van der Waals surface area (Å²) in [6, 6.07) is 16.0. The van der Waals surface area contributed by atoms with Gasteiger partial charge >= 0.3 is 0 Å². The highest BCUT2D eigenvalue weighted by Crippen LogP contribution is 2.21. The Hall–Kier alpha value is -4.17. The van der Waals surface area contributed by atoms with Gasteiger partial charge in [-0.3, -0.25) is 24.4 Å². The number of ketones is 1. The number of Topliss-reactive ketones (excluding diaryl/α,β-unsaturated/α-hetero) is 1. The van der Waals surface area contributed by atoms with Gasteiger partial charge in [0.25, 0.3) is 11.8 Å². The molecular formula is C27H22ClFN4O3. The van der Waals surface area contributed by atoms with E-state index in [2.05, 4.69) is 20.6 Å². The van der Waals surface area contributed by atoms with Crippen LogP contribution in [-0.4, -0.2) is 35.3 Å². The topological polar surface area (TPSA) is 101 Å². The first-order chi connectivity index (χ1) is 17.4. The van der Waals surface area contributed by atoms with Gasteiger partial charge in [0.15, 0.2) is 5.78 Å². The summed E-state index contributed by atoms with van der Waals surface area (Å²) in [7, 11) is 0. The molecule has 0 radical (unpaired) electrons. The predicted molar refractivity (Wildman–Crippen MR) is 136 cm³/mol. The number of rotatable bonds is 9. The Balaban J connectivity index is 1.34. The fourth-order valence-electron chi connectivity index (χ4n) is 3.64. The number of nitrogens with zero attached hydrogens (tertiary/aromatic N) is 2. The Morgan fingerprint density at radius 2 is 1.81 bits per heavy atom. The molecule has 2 aromatic carbocycles. The second-order valence-corrected chi connectivity index (χ2v) is 8.45. The molecule has 2 N–H and O–H groups in total. The highest BCUT2D eigenvalue weighted by molar-refractivity contribution is 6.34. The Morgan fingerprint density at radius 1 is 1.00 bits per heavy atom. The molecule has 0 atom stereocenters. The second-order valence-electron chi connectivity index (χ2n) is 8.05. The number of anilines is 1. The Kier molecular flexibility index (Phi) is 7.97. The van der Waals surface area contributed by atoms with Gasteiger partial charge in [0.1, 0.15) is 11.5 Å². The molecule has 0 saturated heterocycles. The van der Waals surface area contributed by atoms with E-state index < -0.39 is 17.6 Å². The van der Waals surface area contributed by atoms with Gasteiger partial charge in [-0.2, -0.15) is 0 Å². The van der Waals surface area contributed by atoms with E-state index in [4.69, 9.17) is 11.6 Å².